The van der Waals surface area contributed by atoms with Crippen molar-refractivity contribution >= 4 is 15.9 Å². The number of amides is 1. The van der Waals surface area contributed by atoms with Crippen LogP contribution in [0.15, 0.2) is 41.3 Å². The zero-order valence-corrected chi connectivity index (χ0v) is 18.7. The van der Waals surface area contributed by atoms with Crippen molar-refractivity contribution in [1.82, 2.24) is 9.62 Å². The molecular formula is C22H26N2O7S. The van der Waals surface area contributed by atoms with Crippen LogP contribution >= 0.6 is 0 Å². The molecule has 1 amide bonds. The van der Waals surface area contributed by atoms with Crippen LogP contribution in [0.5, 0.6) is 17.2 Å². The van der Waals surface area contributed by atoms with E-state index < -0.39 is 10.0 Å². The van der Waals surface area contributed by atoms with Gasteiger partial charge < -0.3 is 24.3 Å². The van der Waals surface area contributed by atoms with Crippen molar-refractivity contribution in [2.75, 3.05) is 40.2 Å². The van der Waals surface area contributed by atoms with Gasteiger partial charge in [-0.05, 0) is 47.9 Å². The molecule has 0 radical (unpaired) electrons. The van der Waals surface area contributed by atoms with Crippen molar-refractivity contribution in [3.05, 3.63) is 47.5 Å². The maximum absolute atomic E-state index is 12.9. The molecule has 1 N–H and O–H groups in total. The predicted octanol–water partition coefficient (Wildman–Crippen LogP) is 1.69. The largest absolute Gasteiger partial charge is 0.496 e. The van der Waals surface area contributed by atoms with E-state index in [2.05, 4.69) is 5.32 Å². The van der Waals surface area contributed by atoms with Gasteiger partial charge in [-0.2, -0.15) is 4.31 Å². The average Bonchev–Trinajstić information content (AvgIpc) is 3.29. The summed E-state index contributed by atoms with van der Waals surface area (Å²) in [6, 6.07) is 10.3. The van der Waals surface area contributed by atoms with Gasteiger partial charge in [0.15, 0.2) is 11.5 Å². The van der Waals surface area contributed by atoms with Gasteiger partial charge >= 0.3 is 0 Å². The second-order valence-electron chi connectivity index (χ2n) is 7.45. The maximum Gasteiger partial charge on any atom is 0.243 e. The summed E-state index contributed by atoms with van der Waals surface area (Å²) >= 11 is 0. The Morgan fingerprint density at radius 3 is 2.66 bits per heavy atom. The highest BCUT2D eigenvalue weighted by molar-refractivity contribution is 7.89. The molecule has 0 unspecified atom stereocenters. The highest BCUT2D eigenvalue weighted by Gasteiger charge is 2.27. The molecule has 10 heteroatoms. The van der Waals surface area contributed by atoms with Crippen LogP contribution in [0.4, 0.5) is 0 Å². The quantitative estimate of drug-likeness (QED) is 0.637. The van der Waals surface area contributed by atoms with E-state index in [1.54, 1.807) is 12.1 Å². The van der Waals surface area contributed by atoms with Crippen molar-refractivity contribution in [1.29, 1.82) is 0 Å². The van der Waals surface area contributed by atoms with Crippen molar-refractivity contribution in [3.8, 4) is 17.2 Å². The fourth-order valence-corrected chi connectivity index (χ4v) is 5.09. The number of methoxy groups -OCH3 is 1. The molecule has 0 atom stereocenters. The normalized spacial score (nSPS) is 16.0. The lowest BCUT2D eigenvalue weighted by Crippen LogP contribution is -2.40. The first kappa shape index (κ1) is 22.4. The summed E-state index contributed by atoms with van der Waals surface area (Å²) in [4.78, 5) is 12.6. The highest BCUT2D eigenvalue weighted by Crippen LogP contribution is 2.32. The summed E-state index contributed by atoms with van der Waals surface area (Å²) in [6.45, 7) is 1.97. The standard InChI is InChI=1S/C22H26N2O7S/c1-28-19-6-4-18(32(26,27)24-8-10-29-11-9-24)13-17(19)3-7-22(25)23-14-16-2-5-20-21(12-16)31-15-30-20/h2,4-6,12-13H,3,7-11,14-15H2,1H3,(H,23,25). The SMILES string of the molecule is COc1ccc(S(=O)(=O)N2CCOCC2)cc1CCC(=O)NCc1ccc2c(c1)OCO2. The molecule has 0 saturated carbocycles. The lowest BCUT2D eigenvalue weighted by atomic mass is 10.1. The fourth-order valence-electron chi connectivity index (χ4n) is 3.63. The highest BCUT2D eigenvalue weighted by atomic mass is 32.2. The molecule has 9 nitrogen and oxygen atoms in total. The number of aryl methyl sites for hydroxylation is 1. The van der Waals surface area contributed by atoms with E-state index in [-0.39, 0.29) is 24.0 Å². The zero-order chi connectivity index (χ0) is 22.6. The van der Waals surface area contributed by atoms with Gasteiger partial charge in [0.2, 0.25) is 22.7 Å². The number of hydrogen-bond acceptors (Lipinski definition) is 7. The van der Waals surface area contributed by atoms with Crippen molar-refractivity contribution in [2.24, 2.45) is 0 Å². The molecule has 2 aromatic carbocycles. The number of sulfonamides is 1. The number of carbonyl (C=O) groups excluding carboxylic acids is 1. The summed E-state index contributed by atoms with van der Waals surface area (Å²) in [7, 11) is -2.10. The Bertz CT molecular complexity index is 1080. The summed E-state index contributed by atoms with van der Waals surface area (Å²) in [5, 5.41) is 2.88. The predicted molar refractivity (Wildman–Crippen MR) is 115 cm³/mol. The van der Waals surface area contributed by atoms with Gasteiger partial charge in [-0.3, -0.25) is 4.79 Å². The molecular weight excluding hydrogens is 436 g/mol. The third kappa shape index (κ3) is 4.98. The number of rotatable bonds is 8. The van der Waals surface area contributed by atoms with E-state index in [9.17, 15) is 13.2 Å². The van der Waals surface area contributed by atoms with Crippen molar-refractivity contribution in [2.45, 2.75) is 24.3 Å². The van der Waals surface area contributed by atoms with E-state index in [4.69, 9.17) is 18.9 Å². The maximum atomic E-state index is 12.9. The third-order valence-corrected chi connectivity index (χ3v) is 7.30. The summed E-state index contributed by atoms with van der Waals surface area (Å²) in [5.41, 5.74) is 1.57. The van der Waals surface area contributed by atoms with Crippen LogP contribution in [-0.4, -0.2) is 58.8 Å². The number of hydrogen-bond donors (Lipinski definition) is 1. The smallest absolute Gasteiger partial charge is 0.243 e. The number of morpholine rings is 1. The zero-order valence-electron chi connectivity index (χ0n) is 17.8. The first-order chi connectivity index (χ1) is 15.5. The first-order valence-electron chi connectivity index (χ1n) is 10.4. The van der Waals surface area contributed by atoms with Gasteiger partial charge in [-0.1, -0.05) is 6.07 Å². The molecule has 1 saturated heterocycles. The third-order valence-electron chi connectivity index (χ3n) is 5.41. The Hall–Kier alpha value is -2.82. The minimum atomic E-state index is -3.62. The van der Waals surface area contributed by atoms with Gasteiger partial charge in [0.1, 0.15) is 5.75 Å². The fraction of sp³-hybridized carbons (Fsp3) is 0.409. The van der Waals surface area contributed by atoms with E-state index in [0.717, 1.165) is 5.56 Å². The van der Waals surface area contributed by atoms with Crippen LogP contribution in [0.25, 0.3) is 0 Å². The number of ether oxygens (including phenoxy) is 4. The molecule has 172 valence electrons. The monoisotopic (exact) mass is 462 g/mol. The van der Waals surface area contributed by atoms with Gasteiger partial charge in [0, 0.05) is 26.1 Å². The molecule has 0 aromatic heterocycles. The lowest BCUT2D eigenvalue weighted by molar-refractivity contribution is -0.121. The second-order valence-corrected chi connectivity index (χ2v) is 9.39. The van der Waals surface area contributed by atoms with Crippen LogP contribution in [0, 0.1) is 0 Å². The molecule has 0 spiro atoms. The van der Waals surface area contributed by atoms with Crippen LogP contribution in [0.1, 0.15) is 17.5 Å². The molecule has 2 aromatic rings. The molecule has 0 bridgehead atoms. The van der Waals surface area contributed by atoms with Crippen molar-refractivity contribution < 1.29 is 32.2 Å². The van der Waals surface area contributed by atoms with Crippen LogP contribution in [0.2, 0.25) is 0 Å². The van der Waals surface area contributed by atoms with Gasteiger partial charge in [-0.15, -0.1) is 0 Å². The number of nitrogens with zero attached hydrogens (tertiary/aromatic N) is 1. The minimum Gasteiger partial charge on any atom is -0.496 e. The second kappa shape index (κ2) is 9.76. The molecule has 2 aliphatic heterocycles. The Kier molecular flexibility index (Phi) is 6.83. The van der Waals surface area contributed by atoms with Crippen LogP contribution < -0.4 is 19.5 Å². The Labute approximate surface area is 187 Å². The topological polar surface area (TPSA) is 103 Å². The van der Waals surface area contributed by atoms with Gasteiger partial charge in [0.25, 0.3) is 0 Å². The molecule has 2 heterocycles. The van der Waals surface area contributed by atoms with E-state index in [0.29, 0.717) is 62.1 Å². The van der Waals surface area contributed by atoms with Crippen LogP contribution in [0.3, 0.4) is 0 Å². The van der Waals surface area contributed by atoms with E-state index in [1.165, 1.54) is 17.5 Å². The van der Waals surface area contributed by atoms with E-state index in [1.807, 2.05) is 18.2 Å². The van der Waals surface area contributed by atoms with Gasteiger partial charge in [0.05, 0.1) is 25.2 Å². The van der Waals surface area contributed by atoms with Gasteiger partial charge in [-0.25, -0.2) is 8.42 Å². The summed E-state index contributed by atoms with van der Waals surface area (Å²) in [6.07, 6.45) is 0.546. The van der Waals surface area contributed by atoms with Crippen molar-refractivity contribution in [3.63, 3.8) is 0 Å². The minimum absolute atomic E-state index is 0.147. The number of benzene rings is 2. The number of fused-ring (bicyclic) bond motifs is 1. The lowest BCUT2D eigenvalue weighted by Gasteiger charge is -2.26. The Balaban J connectivity index is 1.38. The molecule has 0 aliphatic carbocycles. The summed E-state index contributed by atoms with van der Waals surface area (Å²) in [5.74, 6) is 1.76. The van der Waals surface area contributed by atoms with Crippen LogP contribution in [-0.2, 0) is 32.5 Å². The number of carbonyl (C=O) groups is 1. The molecule has 1 fully saturated rings. The molecule has 32 heavy (non-hydrogen) atoms. The average molecular weight is 463 g/mol. The molecule has 4 rings (SSSR count). The Morgan fingerprint density at radius 2 is 1.88 bits per heavy atom. The van der Waals surface area contributed by atoms with E-state index >= 15 is 0 Å². The number of nitrogens with one attached hydrogen (secondary N) is 1. The summed E-state index contributed by atoms with van der Waals surface area (Å²) < 4.78 is 48.6. The first-order valence-corrected chi connectivity index (χ1v) is 11.8. The molecule has 2 aliphatic rings. The Morgan fingerprint density at radius 1 is 1.09 bits per heavy atom.